The first-order chi connectivity index (χ1) is 6.16. The average molecular weight is 218 g/mol. The zero-order valence-electron chi connectivity index (χ0n) is 8.54. The van der Waals surface area contributed by atoms with E-state index < -0.39 is 0 Å². The van der Waals surface area contributed by atoms with E-state index in [1.165, 1.54) is 17.9 Å². The Balaban J connectivity index is 2.58. The third-order valence-corrected chi connectivity index (χ3v) is 5.46. The van der Waals surface area contributed by atoms with Gasteiger partial charge in [0, 0.05) is 30.9 Å². The van der Waals surface area contributed by atoms with Crippen molar-refractivity contribution in [1.29, 1.82) is 5.41 Å². The lowest BCUT2D eigenvalue weighted by molar-refractivity contribution is 0.594. The number of nitrogens with zero attached hydrogens (tertiary/aromatic N) is 1. The van der Waals surface area contributed by atoms with Crippen molar-refractivity contribution in [3.8, 4) is 0 Å². The molecule has 0 aromatic rings. The van der Waals surface area contributed by atoms with E-state index in [-0.39, 0.29) is 0 Å². The van der Waals surface area contributed by atoms with Gasteiger partial charge in [-0.15, -0.1) is 11.8 Å². The van der Waals surface area contributed by atoms with E-state index in [1.54, 1.807) is 0 Å². The van der Waals surface area contributed by atoms with Crippen molar-refractivity contribution >= 4 is 29.4 Å². The maximum absolute atomic E-state index is 7.96. The Labute approximate surface area is 89.3 Å². The number of thioether (sulfide) groups is 2. The molecule has 0 aliphatic carbocycles. The number of hydrogen-bond acceptors (Lipinski definition) is 3. The standard InChI is InChI=1S/C9H18N2S2/c1-4-7-8(9(10)11(2)3)13-6-5-12-7/h7-8,10H,4-6H2,1-3H3. The third kappa shape index (κ3) is 2.81. The quantitative estimate of drug-likeness (QED) is 0.568. The fourth-order valence-corrected chi connectivity index (χ4v) is 4.52. The Hall–Kier alpha value is 0.170. The second-order valence-electron chi connectivity index (χ2n) is 3.39. The molecule has 1 saturated heterocycles. The summed E-state index contributed by atoms with van der Waals surface area (Å²) < 4.78 is 0. The van der Waals surface area contributed by atoms with Crippen LogP contribution in [0, 0.1) is 5.41 Å². The van der Waals surface area contributed by atoms with Gasteiger partial charge in [-0.1, -0.05) is 6.92 Å². The Morgan fingerprint density at radius 3 is 2.54 bits per heavy atom. The Morgan fingerprint density at radius 2 is 2.00 bits per heavy atom. The second-order valence-corrected chi connectivity index (χ2v) is 5.99. The molecule has 1 heterocycles. The minimum atomic E-state index is 0.416. The lowest BCUT2D eigenvalue weighted by Crippen LogP contribution is -2.39. The Bertz CT molecular complexity index is 182. The van der Waals surface area contributed by atoms with Crippen molar-refractivity contribution in [2.24, 2.45) is 0 Å². The molecule has 76 valence electrons. The highest BCUT2D eigenvalue weighted by molar-refractivity contribution is 8.07. The van der Waals surface area contributed by atoms with Crippen LogP contribution in [0.1, 0.15) is 13.3 Å². The second kappa shape index (κ2) is 5.15. The number of rotatable bonds is 2. The third-order valence-electron chi connectivity index (χ3n) is 2.20. The first kappa shape index (κ1) is 11.2. The van der Waals surface area contributed by atoms with Crippen molar-refractivity contribution in [2.45, 2.75) is 23.8 Å². The van der Waals surface area contributed by atoms with Crippen LogP contribution in [0.2, 0.25) is 0 Å². The van der Waals surface area contributed by atoms with Gasteiger partial charge in [0.05, 0.1) is 5.25 Å². The summed E-state index contributed by atoms with van der Waals surface area (Å²) >= 11 is 3.97. The van der Waals surface area contributed by atoms with Gasteiger partial charge in [0.25, 0.3) is 0 Å². The van der Waals surface area contributed by atoms with Gasteiger partial charge in [-0.05, 0) is 6.42 Å². The van der Waals surface area contributed by atoms with E-state index in [0.717, 1.165) is 5.84 Å². The molecule has 2 unspecified atom stereocenters. The smallest absolute Gasteiger partial charge is 0.110 e. The maximum Gasteiger partial charge on any atom is 0.110 e. The molecule has 13 heavy (non-hydrogen) atoms. The predicted molar refractivity (Wildman–Crippen MR) is 64.2 cm³/mol. The van der Waals surface area contributed by atoms with Crippen LogP contribution in [0.4, 0.5) is 0 Å². The van der Waals surface area contributed by atoms with Gasteiger partial charge >= 0.3 is 0 Å². The van der Waals surface area contributed by atoms with Crippen molar-refractivity contribution in [2.75, 3.05) is 25.6 Å². The Morgan fingerprint density at radius 1 is 1.38 bits per heavy atom. The molecular weight excluding hydrogens is 200 g/mol. The van der Waals surface area contributed by atoms with Crippen LogP contribution >= 0.6 is 23.5 Å². The molecule has 1 rings (SSSR count). The molecule has 2 atom stereocenters. The highest BCUT2D eigenvalue weighted by atomic mass is 32.2. The fourth-order valence-electron chi connectivity index (χ4n) is 1.41. The predicted octanol–water partition coefficient (Wildman–Crippen LogP) is 2.15. The Kier molecular flexibility index (Phi) is 4.46. The molecule has 1 N–H and O–H groups in total. The molecule has 1 fully saturated rings. The average Bonchev–Trinajstić information content (AvgIpc) is 2.16. The number of hydrogen-bond donors (Lipinski definition) is 1. The normalized spacial score (nSPS) is 28.5. The van der Waals surface area contributed by atoms with Crippen LogP contribution in [0.15, 0.2) is 0 Å². The summed E-state index contributed by atoms with van der Waals surface area (Å²) in [7, 11) is 3.93. The van der Waals surface area contributed by atoms with Crippen LogP contribution in [-0.2, 0) is 0 Å². The summed E-state index contributed by atoms with van der Waals surface area (Å²) in [6.45, 7) is 2.22. The molecule has 0 bridgehead atoms. The topological polar surface area (TPSA) is 27.1 Å². The minimum Gasteiger partial charge on any atom is -0.366 e. The largest absolute Gasteiger partial charge is 0.366 e. The SMILES string of the molecule is CCC1SCCSC1C(=N)N(C)C. The zero-order valence-corrected chi connectivity index (χ0v) is 10.2. The molecular formula is C9H18N2S2. The first-order valence-electron chi connectivity index (χ1n) is 4.65. The summed E-state index contributed by atoms with van der Waals surface area (Å²) in [6, 6.07) is 0. The van der Waals surface area contributed by atoms with E-state index in [1.807, 2.05) is 42.5 Å². The van der Waals surface area contributed by atoms with Crippen LogP contribution in [0.3, 0.4) is 0 Å². The summed E-state index contributed by atoms with van der Waals surface area (Å²) in [4.78, 5) is 1.94. The summed E-state index contributed by atoms with van der Waals surface area (Å²) in [5, 5.41) is 9.03. The van der Waals surface area contributed by atoms with Crippen molar-refractivity contribution in [3.05, 3.63) is 0 Å². The molecule has 0 spiro atoms. The molecule has 0 radical (unpaired) electrons. The van der Waals surface area contributed by atoms with Gasteiger partial charge < -0.3 is 4.90 Å². The number of nitrogens with one attached hydrogen (secondary N) is 1. The van der Waals surface area contributed by atoms with Crippen molar-refractivity contribution in [3.63, 3.8) is 0 Å². The molecule has 0 amide bonds. The van der Waals surface area contributed by atoms with Gasteiger partial charge in [0.1, 0.15) is 5.84 Å². The van der Waals surface area contributed by atoms with Crippen molar-refractivity contribution in [1.82, 2.24) is 4.90 Å². The molecule has 2 nitrogen and oxygen atoms in total. The highest BCUT2D eigenvalue weighted by Crippen LogP contribution is 2.33. The van der Waals surface area contributed by atoms with Crippen LogP contribution in [0.5, 0.6) is 0 Å². The van der Waals surface area contributed by atoms with E-state index in [9.17, 15) is 0 Å². The molecule has 1 aliphatic rings. The van der Waals surface area contributed by atoms with Crippen LogP contribution in [-0.4, -0.2) is 46.8 Å². The van der Waals surface area contributed by atoms with E-state index in [2.05, 4.69) is 6.92 Å². The van der Waals surface area contributed by atoms with Crippen LogP contribution in [0.25, 0.3) is 0 Å². The van der Waals surface area contributed by atoms with E-state index >= 15 is 0 Å². The van der Waals surface area contributed by atoms with Gasteiger partial charge in [-0.3, -0.25) is 5.41 Å². The lowest BCUT2D eigenvalue weighted by atomic mass is 10.2. The van der Waals surface area contributed by atoms with Gasteiger partial charge in [0.15, 0.2) is 0 Å². The molecule has 0 aromatic heterocycles. The fraction of sp³-hybridized carbons (Fsp3) is 0.889. The summed E-state index contributed by atoms with van der Waals surface area (Å²) in [5.74, 6) is 3.23. The van der Waals surface area contributed by atoms with Gasteiger partial charge in [-0.2, -0.15) is 11.8 Å². The monoisotopic (exact) mass is 218 g/mol. The van der Waals surface area contributed by atoms with Gasteiger partial charge in [0.2, 0.25) is 0 Å². The summed E-state index contributed by atoms with van der Waals surface area (Å²) in [5.41, 5.74) is 0. The molecule has 1 aliphatic heterocycles. The zero-order chi connectivity index (χ0) is 9.84. The summed E-state index contributed by atoms with van der Waals surface area (Å²) in [6.07, 6.45) is 1.18. The highest BCUT2D eigenvalue weighted by Gasteiger charge is 2.29. The van der Waals surface area contributed by atoms with Crippen molar-refractivity contribution < 1.29 is 0 Å². The molecule has 0 aromatic carbocycles. The number of amidine groups is 1. The molecule has 4 heteroatoms. The van der Waals surface area contributed by atoms with Gasteiger partial charge in [-0.25, -0.2) is 0 Å². The van der Waals surface area contributed by atoms with E-state index in [4.69, 9.17) is 5.41 Å². The van der Waals surface area contributed by atoms with Crippen LogP contribution < -0.4 is 0 Å². The maximum atomic E-state index is 7.96. The van der Waals surface area contributed by atoms with E-state index in [0.29, 0.717) is 10.5 Å². The minimum absolute atomic E-state index is 0.416. The lowest BCUT2D eigenvalue weighted by Gasteiger charge is -2.32. The first-order valence-corrected chi connectivity index (χ1v) is 6.75. The molecule has 0 saturated carbocycles.